The van der Waals surface area contributed by atoms with E-state index in [1.165, 1.54) is 29.8 Å². The molecule has 0 fully saturated rings. The predicted molar refractivity (Wildman–Crippen MR) is 65.9 cm³/mol. The number of aryl methyl sites for hydroxylation is 2. The Bertz CT molecular complexity index is 495. The molecular formula is C13H13NOS. The monoisotopic (exact) mass is 231 g/mol. The highest BCUT2D eigenvalue weighted by Gasteiger charge is 2.15. The normalized spacial score (nSPS) is 14.8. The molecule has 0 aliphatic heterocycles. The van der Waals surface area contributed by atoms with Crippen LogP contribution in [-0.4, -0.2) is 10.1 Å². The van der Waals surface area contributed by atoms with Crippen molar-refractivity contribution in [2.75, 3.05) is 0 Å². The van der Waals surface area contributed by atoms with Crippen LogP contribution in [0.4, 0.5) is 0 Å². The zero-order chi connectivity index (χ0) is 11.0. The molecule has 3 rings (SSSR count). The average Bonchev–Trinajstić information content (AvgIpc) is 2.72. The summed E-state index contributed by atoms with van der Waals surface area (Å²) in [5.41, 5.74) is 2.30. The number of aromatic hydroxyl groups is 1. The lowest BCUT2D eigenvalue weighted by Crippen LogP contribution is -1.98. The van der Waals surface area contributed by atoms with Gasteiger partial charge in [0.05, 0.1) is 5.69 Å². The van der Waals surface area contributed by atoms with Gasteiger partial charge < -0.3 is 5.11 Å². The van der Waals surface area contributed by atoms with E-state index in [2.05, 4.69) is 4.98 Å². The van der Waals surface area contributed by atoms with Gasteiger partial charge in [0.2, 0.25) is 0 Å². The number of aromatic nitrogens is 1. The van der Waals surface area contributed by atoms with Crippen LogP contribution in [0.25, 0.3) is 10.6 Å². The largest absolute Gasteiger partial charge is 0.508 e. The topological polar surface area (TPSA) is 33.1 Å². The SMILES string of the molecule is Oc1cccc(-c2nc3c(s2)CCCC3)c1. The number of fused-ring (bicyclic) bond motifs is 1. The van der Waals surface area contributed by atoms with Crippen LogP contribution in [-0.2, 0) is 12.8 Å². The lowest BCUT2D eigenvalue weighted by Gasteiger charge is -2.06. The zero-order valence-corrected chi connectivity index (χ0v) is 9.76. The minimum Gasteiger partial charge on any atom is -0.508 e. The molecule has 0 spiro atoms. The molecule has 82 valence electrons. The summed E-state index contributed by atoms with van der Waals surface area (Å²) in [7, 11) is 0. The van der Waals surface area contributed by atoms with Crippen molar-refractivity contribution in [1.82, 2.24) is 4.98 Å². The van der Waals surface area contributed by atoms with Crippen molar-refractivity contribution in [1.29, 1.82) is 0 Å². The Morgan fingerprint density at radius 2 is 2.06 bits per heavy atom. The molecule has 0 amide bonds. The summed E-state index contributed by atoms with van der Waals surface area (Å²) in [6.07, 6.45) is 4.83. The molecule has 2 nitrogen and oxygen atoms in total. The van der Waals surface area contributed by atoms with Gasteiger partial charge in [0.1, 0.15) is 10.8 Å². The lowest BCUT2D eigenvalue weighted by atomic mass is 10.0. The van der Waals surface area contributed by atoms with Crippen molar-refractivity contribution >= 4 is 11.3 Å². The van der Waals surface area contributed by atoms with Gasteiger partial charge in [-0.25, -0.2) is 4.98 Å². The van der Waals surface area contributed by atoms with Crippen molar-refractivity contribution < 1.29 is 5.11 Å². The fourth-order valence-corrected chi connectivity index (χ4v) is 3.26. The molecule has 0 bridgehead atoms. The van der Waals surface area contributed by atoms with Crippen LogP contribution in [0.5, 0.6) is 5.75 Å². The van der Waals surface area contributed by atoms with E-state index in [-0.39, 0.29) is 0 Å². The Morgan fingerprint density at radius 3 is 2.88 bits per heavy atom. The Hall–Kier alpha value is -1.35. The molecule has 1 aliphatic carbocycles. The molecule has 2 aromatic rings. The van der Waals surface area contributed by atoms with Crippen molar-refractivity contribution in [3.05, 3.63) is 34.8 Å². The minimum absolute atomic E-state index is 0.311. The number of phenols is 1. The van der Waals surface area contributed by atoms with Gasteiger partial charge in [-0.05, 0) is 37.8 Å². The van der Waals surface area contributed by atoms with Crippen LogP contribution in [0.15, 0.2) is 24.3 Å². The molecule has 0 radical (unpaired) electrons. The summed E-state index contributed by atoms with van der Waals surface area (Å²) < 4.78 is 0. The molecule has 0 saturated heterocycles. The summed E-state index contributed by atoms with van der Waals surface area (Å²) >= 11 is 1.77. The van der Waals surface area contributed by atoms with Gasteiger partial charge in [-0.1, -0.05) is 12.1 Å². The Balaban J connectivity index is 2.03. The average molecular weight is 231 g/mol. The number of hydrogen-bond donors (Lipinski definition) is 1. The summed E-state index contributed by atoms with van der Waals surface area (Å²) in [4.78, 5) is 6.10. The third-order valence-corrected chi connectivity index (χ3v) is 4.15. The van der Waals surface area contributed by atoms with Crippen LogP contribution >= 0.6 is 11.3 Å². The van der Waals surface area contributed by atoms with Crippen LogP contribution < -0.4 is 0 Å². The number of phenolic OH excluding ortho intramolecular Hbond substituents is 1. The third-order valence-electron chi connectivity index (χ3n) is 2.94. The fourth-order valence-electron chi connectivity index (χ4n) is 2.11. The maximum absolute atomic E-state index is 9.45. The number of thiazole rings is 1. The van der Waals surface area contributed by atoms with E-state index >= 15 is 0 Å². The summed E-state index contributed by atoms with van der Waals surface area (Å²) in [6, 6.07) is 7.34. The highest BCUT2D eigenvalue weighted by Crippen LogP contribution is 2.33. The third kappa shape index (κ3) is 1.71. The number of rotatable bonds is 1. The Labute approximate surface area is 98.6 Å². The van der Waals surface area contributed by atoms with E-state index < -0.39 is 0 Å². The second-order valence-corrected chi connectivity index (χ2v) is 5.23. The Kier molecular flexibility index (Phi) is 2.40. The summed E-state index contributed by atoms with van der Waals surface area (Å²) in [6.45, 7) is 0. The maximum atomic E-state index is 9.45. The van der Waals surface area contributed by atoms with E-state index in [9.17, 15) is 5.11 Å². The zero-order valence-electron chi connectivity index (χ0n) is 8.94. The molecule has 0 atom stereocenters. The number of nitrogens with zero attached hydrogens (tertiary/aromatic N) is 1. The maximum Gasteiger partial charge on any atom is 0.124 e. The van der Waals surface area contributed by atoms with Crippen LogP contribution in [0, 0.1) is 0 Å². The van der Waals surface area contributed by atoms with Gasteiger partial charge in [-0.3, -0.25) is 0 Å². The molecule has 0 unspecified atom stereocenters. The van der Waals surface area contributed by atoms with Gasteiger partial charge in [0.15, 0.2) is 0 Å². The molecule has 1 aromatic carbocycles. The highest BCUT2D eigenvalue weighted by atomic mass is 32.1. The lowest BCUT2D eigenvalue weighted by molar-refractivity contribution is 0.475. The summed E-state index contributed by atoms with van der Waals surface area (Å²) in [5, 5.41) is 10.5. The van der Waals surface area contributed by atoms with Gasteiger partial charge in [0, 0.05) is 10.4 Å². The molecular weight excluding hydrogens is 218 g/mol. The number of benzene rings is 1. The predicted octanol–water partition coefficient (Wildman–Crippen LogP) is 3.39. The molecule has 1 aliphatic rings. The van der Waals surface area contributed by atoms with E-state index in [1.54, 1.807) is 23.5 Å². The van der Waals surface area contributed by atoms with Gasteiger partial charge >= 0.3 is 0 Å². The van der Waals surface area contributed by atoms with Gasteiger partial charge in [-0.2, -0.15) is 0 Å². The van der Waals surface area contributed by atoms with E-state index in [0.29, 0.717) is 5.75 Å². The molecule has 1 aromatic heterocycles. The van der Waals surface area contributed by atoms with E-state index in [0.717, 1.165) is 17.0 Å². The van der Waals surface area contributed by atoms with Crippen molar-refractivity contribution in [2.45, 2.75) is 25.7 Å². The Morgan fingerprint density at radius 1 is 1.19 bits per heavy atom. The first-order valence-electron chi connectivity index (χ1n) is 5.61. The first-order valence-corrected chi connectivity index (χ1v) is 6.42. The number of hydrogen-bond acceptors (Lipinski definition) is 3. The first kappa shape index (κ1) is 9.85. The fraction of sp³-hybridized carbons (Fsp3) is 0.308. The van der Waals surface area contributed by atoms with Crippen molar-refractivity contribution in [3.63, 3.8) is 0 Å². The molecule has 1 heterocycles. The van der Waals surface area contributed by atoms with Gasteiger partial charge in [-0.15, -0.1) is 11.3 Å². The van der Waals surface area contributed by atoms with Crippen molar-refractivity contribution in [3.8, 4) is 16.3 Å². The smallest absolute Gasteiger partial charge is 0.124 e. The molecule has 0 saturated carbocycles. The second-order valence-electron chi connectivity index (χ2n) is 4.15. The molecule has 3 heteroatoms. The van der Waals surface area contributed by atoms with Crippen LogP contribution in [0.3, 0.4) is 0 Å². The highest BCUT2D eigenvalue weighted by molar-refractivity contribution is 7.15. The van der Waals surface area contributed by atoms with Crippen LogP contribution in [0.1, 0.15) is 23.4 Å². The van der Waals surface area contributed by atoms with Crippen LogP contribution in [0.2, 0.25) is 0 Å². The van der Waals surface area contributed by atoms with Crippen molar-refractivity contribution in [2.24, 2.45) is 0 Å². The standard InChI is InChI=1S/C13H13NOS/c15-10-5-3-4-9(8-10)13-14-11-6-1-2-7-12(11)16-13/h3-5,8,15H,1-2,6-7H2. The molecule has 1 N–H and O–H groups in total. The first-order chi connectivity index (χ1) is 7.83. The molecule has 16 heavy (non-hydrogen) atoms. The minimum atomic E-state index is 0.311. The van der Waals surface area contributed by atoms with E-state index in [1.807, 2.05) is 12.1 Å². The van der Waals surface area contributed by atoms with Gasteiger partial charge in [0.25, 0.3) is 0 Å². The van der Waals surface area contributed by atoms with E-state index in [4.69, 9.17) is 0 Å². The second kappa shape index (κ2) is 3.91. The quantitative estimate of drug-likeness (QED) is 0.816. The summed E-state index contributed by atoms with van der Waals surface area (Å²) in [5.74, 6) is 0.311.